The molecule has 2 aromatic carbocycles. The van der Waals surface area contributed by atoms with E-state index in [4.69, 9.17) is 0 Å². The van der Waals surface area contributed by atoms with E-state index in [2.05, 4.69) is 0 Å². The van der Waals surface area contributed by atoms with Gasteiger partial charge < -0.3 is 0 Å². The van der Waals surface area contributed by atoms with Crippen molar-refractivity contribution < 1.29 is 39.9 Å². The number of ketones is 1. The Labute approximate surface area is 121 Å². The predicted octanol–water partition coefficient (Wildman–Crippen LogP) is 4.68. The molecule has 2 aromatic rings. The quantitative estimate of drug-likeness (QED) is 0.387. The van der Waals surface area contributed by atoms with E-state index in [0.717, 1.165) is 0 Å². The Kier molecular flexibility index (Phi) is 3.20. The molecule has 0 fully saturated rings. The molecule has 23 heavy (non-hydrogen) atoms. The minimum Gasteiger partial charge on any atom is -0.290 e. The first-order chi connectivity index (χ1) is 10.7. The van der Waals surface area contributed by atoms with Crippen LogP contribution in [-0.4, -0.2) is 12.0 Å². The summed E-state index contributed by atoms with van der Waals surface area (Å²) in [5.41, 5.74) is -2.62. The molecule has 1 aliphatic rings. The zero-order chi connectivity index (χ0) is 17.2. The number of hydrogen-bond acceptors (Lipinski definition) is 1. The minimum atomic E-state index is -3.10. The van der Waals surface area contributed by atoms with Gasteiger partial charge in [-0.05, 0) is 6.07 Å². The lowest BCUT2D eigenvalue weighted by atomic mass is 9.89. The first-order valence-corrected chi connectivity index (χ1v) is 5.90. The van der Waals surface area contributed by atoms with Crippen LogP contribution in [0, 0.1) is 29.1 Å². The van der Waals surface area contributed by atoms with Crippen LogP contribution < -0.4 is 0 Å². The molecular formula is C14H2F8O. The second-order valence-corrected chi connectivity index (χ2v) is 4.68. The maximum absolute atomic E-state index is 14.2. The fourth-order valence-electron chi connectivity index (χ4n) is 2.35. The number of carbonyl (C=O) groups is 1. The fourth-order valence-corrected chi connectivity index (χ4v) is 2.35. The van der Waals surface area contributed by atoms with Crippen molar-refractivity contribution in [3.05, 3.63) is 52.1 Å². The largest absolute Gasteiger partial charge is 0.290 e. The van der Waals surface area contributed by atoms with E-state index in [0.29, 0.717) is 0 Å². The highest BCUT2D eigenvalue weighted by atomic mass is 19.2. The van der Waals surface area contributed by atoms with E-state index in [1.165, 1.54) is 0 Å². The lowest BCUT2D eigenvalue weighted by Crippen LogP contribution is -2.24. The van der Waals surface area contributed by atoms with Gasteiger partial charge in [0.1, 0.15) is 5.82 Å². The minimum absolute atomic E-state index is 0.246. The van der Waals surface area contributed by atoms with E-state index < -0.39 is 74.6 Å². The zero-order valence-corrected chi connectivity index (χ0v) is 10.6. The van der Waals surface area contributed by atoms with Crippen LogP contribution in [-0.2, 0) is 0 Å². The van der Waals surface area contributed by atoms with Gasteiger partial charge in [-0.25, -0.2) is 35.1 Å². The number of allylic oxidation sites excluding steroid dienone is 1. The summed E-state index contributed by atoms with van der Waals surface area (Å²) >= 11 is 0. The Bertz CT molecular complexity index is 931. The lowest BCUT2D eigenvalue weighted by molar-refractivity contribution is 0.0882. The van der Waals surface area contributed by atoms with Gasteiger partial charge in [0.05, 0.1) is 10.9 Å². The van der Waals surface area contributed by atoms with Crippen molar-refractivity contribution in [1.29, 1.82) is 0 Å². The van der Waals surface area contributed by atoms with E-state index in [1.54, 1.807) is 0 Å². The third-order valence-electron chi connectivity index (χ3n) is 3.45. The molecule has 0 bridgehead atoms. The molecule has 0 aliphatic heterocycles. The predicted molar refractivity (Wildman–Crippen MR) is 62.1 cm³/mol. The summed E-state index contributed by atoms with van der Waals surface area (Å²) < 4.78 is 108. The van der Waals surface area contributed by atoms with Crippen LogP contribution in [0.3, 0.4) is 0 Å². The van der Waals surface area contributed by atoms with E-state index in [9.17, 15) is 39.9 Å². The van der Waals surface area contributed by atoms with Crippen LogP contribution >= 0.6 is 0 Å². The number of benzene rings is 2. The highest BCUT2D eigenvalue weighted by Gasteiger charge is 2.39. The molecule has 0 N–H and O–H groups in total. The molecule has 9 heteroatoms. The van der Waals surface area contributed by atoms with Crippen molar-refractivity contribution in [2.45, 2.75) is 6.17 Å². The summed E-state index contributed by atoms with van der Waals surface area (Å²) in [6, 6.07) is 0.246. The molecule has 0 radical (unpaired) electrons. The van der Waals surface area contributed by atoms with Gasteiger partial charge in [-0.3, -0.25) is 4.79 Å². The molecule has 120 valence electrons. The van der Waals surface area contributed by atoms with Crippen molar-refractivity contribution in [3.63, 3.8) is 0 Å². The molecule has 1 unspecified atom stereocenters. The molecule has 0 amide bonds. The van der Waals surface area contributed by atoms with Crippen molar-refractivity contribution in [2.24, 2.45) is 0 Å². The molecule has 0 aromatic heterocycles. The number of hydrogen-bond donors (Lipinski definition) is 0. The molecule has 0 heterocycles. The summed E-state index contributed by atoms with van der Waals surface area (Å²) in [5, 5.41) is -2.76. The van der Waals surface area contributed by atoms with Gasteiger partial charge in [0.2, 0.25) is 12.0 Å². The zero-order valence-electron chi connectivity index (χ0n) is 10.6. The maximum atomic E-state index is 14.2. The molecule has 1 atom stereocenters. The Morgan fingerprint density at radius 2 is 1.35 bits per heavy atom. The summed E-state index contributed by atoms with van der Waals surface area (Å²) in [6.45, 7) is 0. The van der Waals surface area contributed by atoms with Gasteiger partial charge in [0.25, 0.3) is 0 Å². The van der Waals surface area contributed by atoms with Crippen LogP contribution in [0.1, 0.15) is 15.9 Å². The Morgan fingerprint density at radius 1 is 0.783 bits per heavy atom. The van der Waals surface area contributed by atoms with Crippen molar-refractivity contribution >= 4 is 22.4 Å². The number of rotatable bonds is 0. The standard InChI is InChI=1S/C14H2F8O/c15-6-2-1-3-5(9(18)12(21)13(22)14(3)23)7(16)4(2)8(17)11(20)10(6)19/h1,13H. The van der Waals surface area contributed by atoms with Crippen LogP contribution in [0.2, 0.25) is 0 Å². The highest BCUT2D eigenvalue weighted by Crippen LogP contribution is 2.41. The van der Waals surface area contributed by atoms with Crippen LogP contribution in [0.15, 0.2) is 11.9 Å². The van der Waals surface area contributed by atoms with Gasteiger partial charge in [-0.15, -0.1) is 0 Å². The average molecular weight is 338 g/mol. The average Bonchev–Trinajstić information content (AvgIpc) is 2.53. The van der Waals surface area contributed by atoms with Crippen LogP contribution in [0.4, 0.5) is 35.1 Å². The number of alkyl halides is 1. The third kappa shape index (κ3) is 1.82. The van der Waals surface area contributed by atoms with E-state index in [1.807, 2.05) is 0 Å². The second kappa shape index (κ2) is 4.77. The first kappa shape index (κ1) is 15.4. The summed E-state index contributed by atoms with van der Waals surface area (Å²) in [7, 11) is 0. The summed E-state index contributed by atoms with van der Waals surface area (Å²) in [4.78, 5) is 11.5. The number of halogens is 8. The highest BCUT2D eigenvalue weighted by molar-refractivity contribution is 6.11. The number of fused-ring (bicyclic) bond motifs is 2. The fraction of sp³-hybridized carbons (Fsp3) is 0.0714. The molecule has 0 saturated carbocycles. The van der Waals surface area contributed by atoms with Crippen molar-refractivity contribution in [3.8, 4) is 0 Å². The molecule has 0 spiro atoms. The summed E-state index contributed by atoms with van der Waals surface area (Å²) in [5.74, 6) is -17.1. The van der Waals surface area contributed by atoms with Gasteiger partial charge in [-0.1, -0.05) is 0 Å². The monoisotopic (exact) mass is 338 g/mol. The normalized spacial score (nSPS) is 17.9. The molecule has 1 nitrogen and oxygen atoms in total. The SMILES string of the molecule is O=C1c2cc3c(F)c(F)c(F)c(F)c3c(F)c2C(F)=C(F)C1F. The van der Waals surface area contributed by atoms with Crippen LogP contribution in [0.5, 0.6) is 0 Å². The van der Waals surface area contributed by atoms with Crippen molar-refractivity contribution in [1.82, 2.24) is 0 Å². The van der Waals surface area contributed by atoms with Crippen LogP contribution in [0.25, 0.3) is 16.6 Å². The van der Waals surface area contributed by atoms with Gasteiger partial charge >= 0.3 is 0 Å². The Morgan fingerprint density at radius 3 is 1.96 bits per heavy atom. The molecule has 1 aliphatic carbocycles. The molecule has 0 saturated heterocycles. The molecule has 3 rings (SSSR count). The van der Waals surface area contributed by atoms with E-state index >= 15 is 0 Å². The summed E-state index contributed by atoms with van der Waals surface area (Å²) in [6.07, 6.45) is -3.10. The topological polar surface area (TPSA) is 17.1 Å². The van der Waals surface area contributed by atoms with Gasteiger partial charge in [0.15, 0.2) is 34.9 Å². The van der Waals surface area contributed by atoms with Crippen molar-refractivity contribution in [2.75, 3.05) is 0 Å². The van der Waals surface area contributed by atoms with Gasteiger partial charge in [-0.2, -0.15) is 0 Å². The lowest BCUT2D eigenvalue weighted by Gasteiger charge is -2.19. The number of Topliss-reactive ketones (excluding diaryl/α,β-unsaturated/α-hetero) is 1. The Hall–Kier alpha value is -2.45. The third-order valence-corrected chi connectivity index (χ3v) is 3.45. The Balaban J connectivity index is 2.58. The van der Waals surface area contributed by atoms with E-state index in [-0.39, 0.29) is 6.07 Å². The second-order valence-electron chi connectivity index (χ2n) is 4.68. The molecular weight excluding hydrogens is 336 g/mol. The smallest absolute Gasteiger partial charge is 0.217 e. The first-order valence-electron chi connectivity index (χ1n) is 5.90. The maximum Gasteiger partial charge on any atom is 0.217 e. The van der Waals surface area contributed by atoms with Gasteiger partial charge in [0, 0.05) is 10.9 Å². The number of carbonyl (C=O) groups excluding carboxylic acids is 1.